The topological polar surface area (TPSA) is 74.2 Å². The maximum atomic E-state index is 13.9. The molecule has 0 aromatic carbocycles. The molecular weight excluding hydrogens is 277 g/mol. The van der Waals surface area contributed by atoms with Crippen molar-refractivity contribution in [3.8, 4) is 17.1 Å². The fraction of sp³-hybridized carbons (Fsp3) is 0.286. The van der Waals surface area contributed by atoms with Crippen LogP contribution in [0.2, 0.25) is 0 Å². The molecule has 6 nitrogen and oxygen atoms in total. The minimum atomic E-state index is -0.595. The second-order valence-electron chi connectivity index (χ2n) is 4.12. The van der Waals surface area contributed by atoms with Crippen LogP contribution in [0.4, 0.5) is 4.39 Å². The van der Waals surface area contributed by atoms with E-state index >= 15 is 0 Å². The normalized spacial score (nSPS) is 10.3. The Kier molecular flexibility index (Phi) is 4.42. The highest BCUT2D eigenvalue weighted by Crippen LogP contribution is 2.25. The molecule has 0 amide bonds. The summed E-state index contributed by atoms with van der Waals surface area (Å²) in [5, 5.41) is 0. The first-order chi connectivity index (χ1) is 10.1. The average Bonchev–Trinajstić information content (AvgIpc) is 2.49. The third kappa shape index (κ3) is 3.13. The summed E-state index contributed by atoms with van der Waals surface area (Å²) < 4.78 is 23.7. The molecule has 0 bridgehead atoms. The van der Waals surface area contributed by atoms with Crippen LogP contribution in [0, 0.1) is 12.7 Å². The number of aromatic nitrogens is 3. The number of pyridine rings is 1. The number of rotatable bonds is 4. The Bertz CT molecular complexity index is 677. The lowest BCUT2D eigenvalue weighted by Crippen LogP contribution is -2.07. The number of hydrogen-bond acceptors (Lipinski definition) is 6. The molecular formula is C14H14FN3O3. The Hall–Kier alpha value is -2.57. The predicted molar refractivity (Wildman–Crippen MR) is 72.5 cm³/mol. The molecule has 0 aliphatic heterocycles. The first-order valence-corrected chi connectivity index (χ1v) is 6.27. The molecule has 21 heavy (non-hydrogen) atoms. The van der Waals surface area contributed by atoms with Crippen LogP contribution >= 0.6 is 0 Å². The van der Waals surface area contributed by atoms with Crippen LogP contribution in [0.3, 0.4) is 0 Å². The van der Waals surface area contributed by atoms with Crippen LogP contribution in [0.1, 0.15) is 23.1 Å². The second-order valence-corrected chi connectivity index (χ2v) is 4.12. The van der Waals surface area contributed by atoms with Gasteiger partial charge in [-0.2, -0.15) is 0 Å². The van der Waals surface area contributed by atoms with Crippen molar-refractivity contribution in [3.63, 3.8) is 0 Å². The van der Waals surface area contributed by atoms with Crippen molar-refractivity contribution in [1.82, 2.24) is 15.0 Å². The van der Waals surface area contributed by atoms with Crippen LogP contribution in [-0.4, -0.2) is 34.6 Å². The lowest BCUT2D eigenvalue weighted by molar-refractivity contribution is 0.0593. The van der Waals surface area contributed by atoms with E-state index in [9.17, 15) is 9.18 Å². The SMILES string of the molecule is CCOc1cc(-c2ncc(C(=O)OC)nc2C)c(F)cn1. The fourth-order valence-corrected chi connectivity index (χ4v) is 1.78. The summed E-state index contributed by atoms with van der Waals surface area (Å²) in [5.74, 6) is -0.837. The van der Waals surface area contributed by atoms with Gasteiger partial charge in [0.15, 0.2) is 11.5 Å². The molecule has 0 spiro atoms. The van der Waals surface area contributed by atoms with E-state index < -0.39 is 11.8 Å². The molecule has 7 heteroatoms. The van der Waals surface area contributed by atoms with Gasteiger partial charge >= 0.3 is 5.97 Å². The van der Waals surface area contributed by atoms with Gasteiger partial charge in [-0.1, -0.05) is 0 Å². The molecule has 2 heterocycles. The van der Waals surface area contributed by atoms with Gasteiger partial charge in [0.1, 0.15) is 0 Å². The van der Waals surface area contributed by atoms with Gasteiger partial charge in [0, 0.05) is 11.6 Å². The second kappa shape index (κ2) is 6.25. The van der Waals surface area contributed by atoms with Crippen molar-refractivity contribution in [2.24, 2.45) is 0 Å². The van der Waals surface area contributed by atoms with E-state index in [1.165, 1.54) is 19.4 Å². The molecule has 0 fully saturated rings. The Morgan fingerprint density at radius 1 is 1.33 bits per heavy atom. The highest BCUT2D eigenvalue weighted by Gasteiger charge is 2.16. The van der Waals surface area contributed by atoms with Crippen LogP contribution in [0.25, 0.3) is 11.3 Å². The summed E-state index contributed by atoms with van der Waals surface area (Å²) in [6.45, 7) is 3.86. The van der Waals surface area contributed by atoms with Gasteiger partial charge in [-0.15, -0.1) is 0 Å². The van der Waals surface area contributed by atoms with Crippen molar-refractivity contribution in [2.45, 2.75) is 13.8 Å². The molecule has 2 aromatic heterocycles. The predicted octanol–water partition coefficient (Wildman–Crippen LogP) is 2.17. The molecule has 0 aliphatic rings. The zero-order chi connectivity index (χ0) is 15.4. The third-order valence-corrected chi connectivity index (χ3v) is 2.72. The van der Waals surface area contributed by atoms with E-state index in [4.69, 9.17) is 4.74 Å². The van der Waals surface area contributed by atoms with Crippen molar-refractivity contribution in [1.29, 1.82) is 0 Å². The Morgan fingerprint density at radius 2 is 2.10 bits per heavy atom. The largest absolute Gasteiger partial charge is 0.478 e. The van der Waals surface area contributed by atoms with E-state index in [1.54, 1.807) is 13.8 Å². The lowest BCUT2D eigenvalue weighted by atomic mass is 10.1. The number of halogens is 1. The number of aryl methyl sites for hydroxylation is 1. The zero-order valence-corrected chi connectivity index (χ0v) is 11.9. The number of hydrogen-bond donors (Lipinski definition) is 0. The molecule has 110 valence electrons. The quantitative estimate of drug-likeness (QED) is 0.804. The van der Waals surface area contributed by atoms with Crippen molar-refractivity contribution < 1.29 is 18.7 Å². The van der Waals surface area contributed by atoms with Crippen LogP contribution in [0.15, 0.2) is 18.5 Å². The average molecular weight is 291 g/mol. The van der Waals surface area contributed by atoms with Crippen LogP contribution in [0.5, 0.6) is 5.88 Å². The number of ether oxygens (including phenoxy) is 2. The number of carbonyl (C=O) groups is 1. The standard InChI is InChI=1S/C14H14FN3O3/c1-4-21-12-5-9(10(15)6-16-12)13-8(2)18-11(7-17-13)14(19)20-3/h5-7H,4H2,1-3H3. The highest BCUT2D eigenvalue weighted by atomic mass is 19.1. The van der Waals surface area contributed by atoms with Crippen molar-refractivity contribution in [3.05, 3.63) is 35.7 Å². The van der Waals surface area contributed by atoms with E-state index in [1.807, 2.05) is 0 Å². The Morgan fingerprint density at radius 3 is 2.71 bits per heavy atom. The van der Waals surface area contributed by atoms with Gasteiger partial charge in [-0.3, -0.25) is 4.98 Å². The van der Waals surface area contributed by atoms with Gasteiger partial charge in [0.25, 0.3) is 0 Å². The molecule has 0 saturated heterocycles. The number of nitrogens with zero attached hydrogens (tertiary/aromatic N) is 3. The maximum absolute atomic E-state index is 13.9. The molecule has 2 aromatic rings. The summed E-state index contributed by atoms with van der Waals surface area (Å²) in [7, 11) is 1.25. The molecule has 0 N–H and O–H groups in total. The van der Waals surface area contributed by atoms with E-state index in [-0.39, 0.29) is 11.3 Å². The van der Waals surface area contributed by atoms with E-state index in [2.05, 4.69) is 19.7 Å². The smallest absolute Gasteiger partial charge is 0.358 e. The van der Waals surface area contributed by atoms with E-state index in [0.29, 0.717) is 23.9 Å². The Labute approximate surface area is 121 Å². The molecule has 0 atom stereocenters. The maximum Gasteiger partial charge on any atom is 0.358 e. The summed E-state index contributed by atoms with van der Waals surface area (Å²) >= 11 is 0. The molecule has 2 rings (SSSR count). The first kappa shape index (κ1) is 14.8. The highest BCUT2D eigenvalue weighted by molar-refractivity contribution is 5.87. The molecule has 0 saturated carbocycles. The summed E-state index contributed by atoms with van der Waals surface area (Å²) in [5.41, 5.74) is 1.02. The van der Waals surface area contributed by atoms with Gasteiger partial charge in [0.2, 0.25) is 5.88 Å². The summed E-state index contributed by atoms with van der Waals surface area (Å²) in [6, 6.07) is 1.45. The minimum absolute atomic E-state index is 0.0678. The minimum Gasteiger partial charge on any atom is -0.478 e. The number of carbonyl (C=O) groups excluding carboxylic acids is 1. The lowest BCUT2D eigenvalue weighted by Gasteiger charge is -2.09. The zero-order valence-electron chi connectivity index (χ0n) is 11.9. The van der Waals surface area contributed by atoms with Crippen molar-refractivity contribution >= 4 is 5.97 Å². The van der Waals surface area contributed by atoms with Crippen LogP contribution in [-0.2, 0) is 4.74 Å². The van der Waals surface area contributed by atoms with Crippen LogP contribution < -0.4 is 4.74 Å². The molecule has 0 unspecified atom stereocenters. The third-order valence-electron chi connectivity index (χ3n) is 2.72. The number of methoxy groups -OCH3 is 1. The fourth-order valence-electron chi connectivity index (χ4n) is 1.78. The monoisotopic (exact) mass is 291 g/mol. The van der Waals surface area contributed by atoms with Gasteiger partial charge < -0.3 is 9.47 Å². The Balaban J connectivity index is 2.46. The van der Waals surface area contributed by atoms with Gasteiger partial charge in [-0.25, -0.2) is 19.2 Å². The summed E-state index contributed by atoms with van der Waals surface area (Å²) in [4.78, 5) is 23.4. The van der Waals surface area contributed by atoms with Gasteiger partial charge in [-0.05, 0) is 13.8 Å². The van der Waals surface area contributed by atoms with Gasteiger partial charge in [0.05, 0.1) is 37.5 Å². The first-order valence-electron chi connectivity index (χ1n) is 6.27. The van der Waals surface area contributed by atoms with E-state index in [0.717, 1.165) is 6.20 Å². The number of esters is 1. The summed E-state index contributed by atoms with van der Waals surface area (Å²) in [6.07, 6.45) is 2.31. The molecule has 0 aliphatic carbocycles. The van der Waals surface area contributed by atoms with Crippen molar-refractivity contribution in [2.75, 3.05) is 13.7 Å². The molecule has 0 radical (unpaired) electrons.